The lowest BCUT2D eigenvalue weighted by molar-refractivity contribution is 0.229. The minimum absolute atomic E-state index is 0. The maximum absolute atomic E-state index is 11.5. The Morgan fingerprint density at radius 2 is 2.14 bits per heavy atom. The highest BCUT2D eigenvalue weighted by molar-refractivity contribution is 7.73. The van der Waals surface area contributed by atoms with Crippen LogP contribution in [-0.4, -0.2) is 49.3 Å². The molecule has 3 rings (SSSR count). The number of hydrogen-bond acceptors (Lipinski definition) is 5. The third-order valence-electron chi connectivity index (χ3n) is 3.85. The molecule has 7 nitrogen and oxygen atoms in total. The highest BCUT2D eigenvalue weighted by Gasteiger charge is 2.26. The Morgan fingerprint density at radius 3 is 2.76 bits per heavy atom. The first-order chi connectivity index (χ1) is 9.63. The van der Waals surface area contributed by atoms with Crippen LogP contribution in [0.1, 0.15) is 31.7 Å². The Morgan fingerprint density at radius 1 is 1.38 bits per heavy atom. The minimum Gasteiger partial charge on any atom is -0.305 e. The van der Waals surface area contributed by atoms with E-state index >= 15 is 0 Å². The average Bonchev–Trinajstić information content (AvgIpc) is 3.14. The fraction of sp³-hybridized carbons (Fsp3) is 0.750. The van der Waals surface area contributed by atoms with Crippen LogP contribution in [0.25, 0.3) is 0 Å². The number of halogens is 1. The molecule has 0 spiro atoms. The van der Waals surface area contributed by atoms with Gasteiger partial charge in [0.2, 0.25) is 10.9 Å². The summed E-state index contributed by atoms with van der Waals surface area (Å²) in [5, 5.41) is 4.25. The maximum atomic E-state index is 11.5. The Hall–Kier alpha value is -0.830. The van der Waals surface area contributed by atoms with E-state index in [0.29, 0.717) is 11.7 Å². The Kier molecular flexibility index (Phi) is 5.48. The van der Waals surface area contributed by atoms with Crippen molar-refractivity contribution in [2.75, 3.05) is 24.6 Å². The molecule has 0 unspecified atom stereocenters. The van der Waals surface area contributed by atoms with Gasteiger partial charge in [0, 0.05) is 12.6 Å². The van der Waals surface area contributed by atoms with Crippen molar-refractivity contribution in [2.24, 2.45) is 0 Å². The second-order valence-corrected chi connectivity index (χ2v) is 6.57. The van der Waals surface area contributed by atoms with Crippen LogP contribution >= 0.6 is 12.4 Å². The summed E-state index contributed by atoms with van der Waals surface area (Å²) in [5.74, 6) is 0. The molecule has 2 aliphatic rings. The summed E-state index contributed by atoms with van der Waals surface area (Å²) in [5.41, 5.74) is 3.72. The molecule has 1 saturated heterocycles. The van der Waals surface area contributed by atoms with Crippen molar-refractivity contribution in [1.29, 1.82) is 0 Å². The van der Waals surface area contributed by atoms with Gasteiger partial charge in [0.15, 0.2) is 0 Å². The number of hydrogen-bond donors (Lipinski definition) is 2. The molecule has 21 heavy (non-hydrogen) atoms. The first-order valence-electron chi connectivity index (χ1n) is 7.07. The lowest BCUT2D eigenvalue weighted by Gasteiger charge is -2.32. The van der Waals surface area contributed by atoms with E-state index in [9.17, 15) is 8.42 Å². The molecule has 1 atom stereocenters. The summed E-state index contributed by atoms with van der Waals surface area (Å²) < 4.78 is 26.1. The van der Waals surface area contributed by atoms with Crippen molar-refractivity contribution in [3.05, 3.63) is 12.4 Å². The fourth-order valence-corrected chi connectivity index (χ4v) is 3.19. The van der Waals surface area contributed by atoms with Crippen molar-refractivity contribution in [3.63, 3.8) is 0 Å². The number of thiol groups is 1. The molecule has 1 aromatic rings. The van der Waals surface area contributed by atoms with Gasteiger partial charge in [-0.15, -0.1) is 12.4 Å². The van der Waals surface area contributed by atoms with Crippen LogP contribution in [0.2, 0.25) is 0 Å². The normalized spacial score (nSPS) is 23.0. The van der Waals surface area contributed by atoms with Gasteiger partial charge in [-0.1, -0.05) is 0 Å². The predicted octanol–water partition coefficient (Wildman–Crippen LogP) is 0.571. The molecule has 2 heterocycles. The quantitative estimate of drug-likeness (QED) is 0.608. The number of piperidine rings is 1. The lowest BCUT2D eigenvalue weighted by Crippen LogP contribution is -2.51. The molecule has 0 bridgehead atoms. The van der Waals surface area contributed by atoms with E-state index in [2.05, 4.69) is 22.5 Å². The summed E-state index contributed by atoms with van der Waals surface area (Å²) >= 11 is 0. The molecule has 1 aliphatic carbocycles. The number of nitrogens with one attached hydrogen (secondary N) is 1. The largest absolute Gasteiger partial charge is 0.305 e. The first-order valence-corrected chi connectivity index (χ1v) is 8.20. The highest BCUT2D eigenvalue weighted by atomic mass is 35.5. The average molecular weight is 336 g/mol. The van der Waals surface area contributed by atoms with Crippen LogP contribution in [0.3, 0.4) is 0 Å². The summed E-state index contributed by atoms with van der Waals surface area (Å²) in [4.78, 5) is 2.21. The van der Waals surface area contributed by atoms with E-state index in [1.807, 2.05) is 10.9 Å². The molecule has 1 aliphatic heterocycles. The van der Waals surface area contributed by atoms with Crippen molar-refractivity contribution >= 4 is 29.0 Å². The predicted molar refractivity (Wildman–Crippen MR) is 84.2 cm³/mol. The van der Waals surface area contributed by atoms with E-state index in [1.54, 1.807) is 6.20 Å². The van der Waals surface area contributed by atoms with Crippen LogP contribution in [0.5, 0.6) is 0 Å². The summed E-state index contributed by atoms with van der Waals surface area (Å²) in [6, 6.07) is 0.613. The van der Waals surface area contributed by atoms with Crippen LogP contribution < -0.4 is 9.84 Å². The molecule has 0 amide bonds. The Balaban J connectivity index is 0.00000161. The zero-order valence-electron chi connectivity index (χ0n) is 12.0. The second kappa shape index (κ2) is 6.95. The van der Waals surface area contributed by atoms with E-state index in [1.165, 1.54) is 4.41 Å². The van der Waals surface area contributed by atoms with E-state index in [-0.39, 0.29) is 18.4 Å². The number of hydrazine groups is 1. The van der Waals surface area contributed by atoms with Crippen LogP contribution in [0.4, 0.5) is 5.69 Å². The van der Waals surface area contributed by atoms with Gasteiger partial charge in [-0.3, -0.25) is 4.68 Å². The standard InChI is InChI=1S/C12H21N5O2S.ClH/c1-15-6-2-3-10(8-15)14-17(20(18)19)12-7-13-16(9-12)11-4-5-11;/h7,9-11,14,20H,2-6,8H2,1H3;1H/t10-;/m1./s1. The molecule has 120 valence electrons. The maximum Gasteiger partial charge on any atom is 0.238 e. The van der Waals surface area contributed by atoms with Crippen LogP contribution in [-0.2, 0) is 10.9 Å². The van der Waals surface area contributed by atoms with Gasteiger partial charge >= 0.3 is 0 Å². The number of likely N-dealkylation sites (tertiary alicyclic amines) is 1. The monoisotopic (exact) mass is 335 g/mol. The molecule has 2 fully saturated rings. The molecule has 9 heteroatoms. The van der Waals surface area contributed by atoms with Crippen LogP contribution in [0, 0.1) is 0 Å². The summed E-state index contributed by atoms with van der Waals surface area (Å²) in [6.45, 7) is 1.93. The molecule has 1 aromatic heterocycles. The van der Waals surface area contributed by atoms with Crippen molar-refractivity contribution < 1.29 is 8.42 Å². The van der Waals surface area contributed by atoms with Gasteiger partial charge in [0.05, 0.1) is 18.4 Å². The van der Waals surface area contributed by atoms with Gasteiger partial charge < -0.3 is 4.90 Å². The van der Waals surface area contributed by atoms with E-state index < -0.39 is 10.9 Å². The second-order valence-electron chi connectivity index (χ2n) is 5.69. The smallest absolute Gasteiger partial charge is 0.238 e. The molecule has 1 N–H and O–H groups in total. The molecule has 0 aromatic carbocycles. The number of likely N-dealkylation sites (N-methyl/N-ethyl adjacent to an activating group) is 1. The molecular formula is C12H22ClN5O2S. The number of nitrogens with zero attached hydrogens (tertiary/aromatic N) is 4. The third-order valence-corrected chi connectivity index (χ3v) is 4.52. The van der Waals surface area contributed by atoms with Gasteiger partial charge in [-0.05, 0) is 39.3 Å². The topological polar surface area (TPSA) is 70.5 Å². The van der Waals surface area contributed by atoms with Gasteiger partial charge in [0.1, 0.15) is 5.69 Å². The lowest BCUT2D eigenvalue weighted by atomic mass is 10.1. The van der Waals surface area contributed by atoms with Crippen molar-refractivity contribution in [3.8, 4) is 0 Å². The van der Waals surface area contributed by atoms with E-state index in [4.69, 9.17) is 0 Å². The summed E-state index contributed by atoms with van der Waals surface area (Å²) in [7, 11) is -0.658. The zero-order chi connectivity index (χ0) is 14.1. The highest BCUT2D eigenvalue weighted by Crippen LogP contribution is 2.34. The zero-order valence-corrected chi connectivity index (χ0v) is 13.7. The SMILES string of the molecule is CN1CCC[C@@H](NN(c2cnn(C3CC3)c2)[SH](=O)=O)C1.Cl. The van der Waals surface area contributed by atoms with Crippen LogP contribution in [0.15, 0.2) is 12.4 Å². The molecular weight excluding hydrogens is 314 g/mol. The fourth-order valence-electron chi connectivity index (χ4n) is 2.64. The van der Waals surface area contributed by atoms with Gasteiger partial charge in [-0.2, -0.15) is 5.10 Å². The van der Waals surface area contributed by atoms with Gasteiger partial charge in [0.25, 0.3) is 0 Å². The van der Waals surface area contributed by atoms with E-state index in [0.717, 1.165) is 38.8 Å². The summed E-state index contributed by atoms with van der Waals surface area (Å²) in [6.07, 6.45) is 7.75. The first kappa shape index (κ1) is 16.5. The van der Waals surface area contributed by atoms with Gasteiger partial charge in [-0.25, -0.2) is 18.3 Å². The number of aromatic nitrogens is 2. The molecule has 1 saturated carbocycles. The molecule has 0 radical (unpaired) electrons. The van der Waals surface area contributed by atoms with Crippen molar-refractivity contribution in [1.82, 2.24) is 20.1 Å². The minimum atomic E-state index is -2.71. The number of anilines is 1. The third kappa shape index (κ3) is 4.09. The Labute approximate surface area is 132 Å². The van der Waals surface area contributed by atoms with Crippen molar-refractivity contribution in [2.45, 2.75) is 37.8 Å². The number of rotatable bonds is 5. The Bertz CT molecular complexity index is 538.